The van der Waals surface area contributed by atoms with Gasteiger partial charge in [0, 0.05) is 43.8 Å². The first-order valence-electron chi connectivity index (χ1n) is 6.65. The smallest absolute Gasteiger partial charge is 0.0597 e. The minimum Gasteiger partial charge on any atom is -0.395 e. The van der Waals surface area contributed by atoms with Crippen LogP contribution in [0.15, 0.2) is 0 Å². The van der Waals surface area contributed by atoms with Crippen LogP contribution in [-0.2, 0) is 0 Å². The molecular formula is C13H29N3O. The molecule has 1 saturated heterocycles. The summed E-state index contributed by atoms with van der Waals surface area (Å²) in [5, 5.41) is 12.8. The topological polar surface area (TPSA) is 38.7 Å². The zero-order valence-electron chi connectivity index (χ0n) is 12.0. The molecule has 0 aromatic rings. The van der Waals surface area contributed by atoms with E-state index < -0.39 is 0 Å². The molecule has 4 nitrogen and oxygen atoms in total. The Kier molecular flexibility index (Phi) is 5.38. The van der Waals surface area contributed by atoms with Crippen LogP contribution in [0.5, 0.6) is 0 Å². The van der Waals surface area contributed by atoms with Crippen molar-refractivity contribution in [2.24, 2.45) is 0 Å². The Morgan fingerprint density at radius 3 is 2.41 bits per heavy atom. The lowest BCUT2D eigenvalue weighted by Gasteiger charge is -2.46. The Balaban J connectivity index is 2.46. The van der Waals surface area contributed by atoms with Crippen molar-refractivity contribution in [2.75, 3.05) is 39.8 Å². The second-order valence-electron chi connectivity index (χ2n) is 6.17. The molecule has 1 atom stereocenters. The highest BCUT2D eigenvalue weighted by Gasteiger charge is 2.31. The fourth-order valence-corrected chi connectivity index (χ4v) is 2.44. The molecule has 1 unspecified atom stereocenters. The minimum absolute atomic E-state index is 0.189. The Bertz CT molecular complexity index is 231. The van der Waals surface area contributed by atoms with Crippen LogP contribution in [0.4, 0.5) is 0 Å². The predicted octanol–water partition coefficient (Wildman–Crippen LogP) is 0.371. The van der Waals surface area contributed by atoms with E-state index >= 15 is 0 Å². The van der Waals surface area contributed by atoms with Crippen LogP contribution >= 0.6 is 0 Å². The fraction of sp³-hybridized carbons (Fsp3) is 1.00. The molecule has 0 bridgehead atoms. The van der Waals surface area contributed by atoms with E-state index in [4.69, 9.17) is 0 Å². The standard InChI is InChI=1S/C13H29N3O/c1-11(2)14-12(9-17)8-16-7-6-15(5)13(3,4)10-16/h11-12,14,17H,6-10H2,1-5H3. The zero-order chi connectivity index (χ0) is 13.1. The van der Waals surface area contributed by atoms with Crippen molar-refractivity contribution in [3.8, 4) is 0 Å². The van der Waals surface area contributed by atoms with Gasteiger partial charge in [-0.3, -0.25) is 9.80 Å². The number of rotatable bonds is 5. The SMILES string of the molecule is CC(C)NC(CO)CN1CCN(C)C(C)(C)C1. The zero-order valence-corrected chi connectivity index (χ0v) is 12.0. The molecule has 102 valence electrons. The first kappa shape index (κ1) is 14.9. The maximum Gasteiger partial charge on any atom is 0.0597 e. The van der Waals surface area contributed by atoms with Gasteiger partial charge in [-0.05, 0) is 20.9 Å². The summed E-state index contributed by atoms with van der Waals surface area (Å²) >= 11 is 0. The quantitative estimate of drug-likeness (QED) is 0.732. The highest BCUT2D eigenvalue weighted by atomic mass is 16.3. The maximum absolute atomic E-state index is 9.39. The van der Waals surface area contributed by atoms with E-state index in [1.165, 1.54) is 0 Å². The molecule has 0 aromatic heterocycles. The van der Waals surface area contributed by atoms with E-state index in [1.54, 1.807) is 0 Å². The molecule has 17 heavy (non-hydrogen) atoms. The molecule has 0 spiro atoms. The summed E-state index contributed by atoms with van der Waals surface area (Å²) in [6.45, 7) is 13.2. The second-order valence-corrected chi connectivity index (χ2v) is 6.17. The van der Waals surface area contributed by atoms with E-state index in [0.717, 1.165) is 26.2 Å². The molecule has 1 fully saturated rings. The van der Waals surface area contributed by atoms with Crippen molar-refractivity contribution in [3.63, 3.8) is 0 Å². The molecule has 0 aliphatic carbocycles. The molecule has 1 rings (SSSR count). The average Bonchev–Trinajstić information content (AvgIpc) is 2.21. The van der Waals surface area contributed by atoms with Crippen molar-refractivity contribution in [1.29, 1.82) is 0 Å². The van der Waals surface area contributed by atoms with E-state index in [-0.39, 0.29) is 18.2 Å². The summed E-state index contributed by atoms with van der Waals surface area (Å²) in [6, 6.07) is 0.613. The molecule has 0 saturated carbocycles. The van der Waals surface area contributed by atoms with Gasteiger partial charge in [-0.1, -0.05) is 13.8 Å². The van der Waals surface area contributed by atoms with Gasteiger partial charge < -0.3 is 10.4 Å². The lowest BCUT2D eigenvalue weighted by Crippen LogP contribution is -2.60. The van der Waals surface area contributed by atoms with Gasteiger partial charge in [-0.25, -0.2) is 0 Å². The predicted molar refractivity (Wildman–Crippen MR) is 72.3 cm³/mol. The molecule has 4 heteroatoms. The molecule has 0 radical (unpaired) electrons. The van der Waals surface area contributed by atoms with Crippen LogP contribution in [0.2, 0.25) is 0 Å². The number of hydrogen-bond acceptors (Lipinski definition) is 4. The van der Waals surface area contributed by atoms with E-state index in [0.29, 0.717) is 6.04 Å². The van der Waals surface area contributed by atoms with Gasteiger partial charge in [0.15, 0.2) is 0 Å². The summed E-state index contributed by atoms with van der Waals surface area (Å²) in [5.41, 5.74) is 0.232. The van der Waals surface area contributed by atoms with Crippen LogP contribution in [0.25, 0.3) is 0 Å². The molecule has 0 amide bonds. The number of nitrogens with one attached hydrogen (secondary N) is 1. The third-order valence-electron chi connectivity index (χ3n) is 3.66. The first-order chi connectivity index (χ1) is 7.85. The van der Waals surface area contributed by atoms with Crippen LogP contribution in [-0.4, -0.2) is 72.4 Å². The molecule has 2 N–H and O–H groups in total. The highest BCUT2D eigenvalue weighted by molar-refractivity contribution is 4.89. The monoisotopic (exact) mass is 243 g/mol. The largest absolute Gasteiger partial charge is 0.395 e. The Labute approximate surface area is 106 Å². The van der Waals surface area contributed by atoms with Crippen molar-refractivity contribution < 1.29 is 5.11 Å². The minimum atomic E-state index is 0.189. The molecule has 0 aromatic carbocycles. The molecule has 1 aliphatic rings. The molecule has 1 heterocycles. The summed E-state index contributed by atoms with van der Waals surface area (Å²) < 4.78 is 0. The highest BCUT2D eigenvalue weighted by Crippen LogP contribution is 2.18. The Morgan fingerprint density at radius 1 is 1.29 bits per heavy atom. The van der Waals surface area contributed by atoms with Crippen LogP contribution in [0.1, 0.15) is 27.7 Å². The van der Waals surface area contributed by atoms with Crippen LogP contribution in [0, 0.1) is 0 Å². The van der Waals surface area contributed by atoms with Gasteiger partial charge in [0.05, 0.1) is 6.61 Å². The number of hydrogen-bond donors (Lipinski definition) is 2. The Hall–Kier alpha value is -0.160. The number of aliphatic hydroxyl groups excluding tert-OH is 1. The summed E-state index contributed by atoms with van der Waals surface area (Å²) in [4.78, 5) is 4.86. The van der Waals surface area contributed by atoms with Gasteiger partial charge in [0.2, 0.25) is 0 Å². The molecular weight excluding hydrogens is 214 g/mol. The van der Waals surface area contributed by atoms with Crippen molar-refractivity contribution in [2.45, 2.75) is 45.3 Å². The number of piperazine rings is 1. The third-order valence-corrected chi connectivity index (χ3v) is 3.66. The Morgan fingerprint density at radius 2 is 1.94 bits per heavy atom. The normalized spacial score (nSPS) is 24.2. The maximum atomic E-state index is 9.39. The average molecular weight is 243 g/mol. The third kappa shape index (κ3) is 4.54. The lowest BCUT2D eigenvalue weighted by atomic mass is 9.99. The second kappa shape index (κ2) is 6.14. The van der Waals surface area contributed by atoms with Gasteiger partial charge >= 0.3 is 0 Å². The van der Waals surface area contributed by atoms with Gasteiger partial charge in [0.25, 0.3) is 0 Å². The lowest BCUT2D eigenvalue weighted by molar-refractivity contribution is 0.0305. The first-order valence-corrected chi connectivity index (χ1v) is 6.65. The number of nitrogens with zero attached hydrogens (tertiary/aromatic N) is 2. The van der Waals surface area contributed by atoms with E-state index in [1.807, 2.05) is 0 Å². The molecule has 1 aliphatic heterocycles. The van der Waals surface area contributed by atoms with Crippen molar-refractivity contribution in [1.82, 2.24) is 15.1 Å². The van der Waals surface area contributed by atoms with Crippen LogP contribution < -0.4 is 5.32 Å². The van der Waals surface area contributed by atoms with Gasteiger partial charge in [-0.2, -0.15) is 0 Å². The fourth-order valence-electron chi connectivity index (χ4n) is 2.44. The van der Waals surface area contributed by atoms with Gasteiger partial charge in [0.1, 0.15) is 0 Å². The van der Waals surface area contributed by atoms with Crippen LogP contribution in [0.3, 0.4) is 0 Å². The summed E-state index contributed by atoms with van der Waals surface area (Å²) in [7, 11) is 2.19. The number of aliphatic hydroxyl groups is 1. The summed E-state index contributed by atoms with van der Waals surface area (Å²) in [6.07, 6.45) is 0. The van der Waals surface area contributed by atoms with E-state index in [9.17, 15) is 5.11 Å². The van der Waals surface area contributed by atoms with Gasteiger partial charge in [-0.15, -0.1) is 0 Å². The summed E-state index contributed by atoms with van der Waals surface area (Å²) in [5.74, 6) is 0. The number of likely N-dealkylation sites (N-methyl/N-ethyl adjacent to an activating group) is 1. The van der Waals surface area contributed by atoms with Crippen molar-refractivity contribution in [3.05, 3.63) is 0 Å². The van der Waals surface area contributed by atoms with E-state index in [2.05, 4.69) is 49.9 Å². The van der Waals surface area contributed by atoms with Crippen molar-refractivity contribution >= 4 is 0 Å².